The van der Waals surface area contributed by atoms with Crippen molar-refractivity contribution in [3.8, 4) is 0 Å². The molecule has 1 aliphatic rings. The summed E-state index contributed by atoms with van der Waals surface area (Å²) >= 11 is 1.34. The Hall–Kier alpha value is -2.30. The Labute approximate surface area is 178 Å². The number of thiophene rings is 1. The molecule has 1 saturated heterocycles. The molecule has 1 fully saturated rings. The molecule has 1 aliphatic heterocycles. The molecule has 4 rings (SSSR count). The average molecular weight is 447 g/mol. The van der Waals surface area contributed by atoms with Gasteiger partial charge in [0.25, 0.3) is 5.91 Å². The molecule has 2 heterocycles. The fraction of sp³-hybridized carbons (Fsp3) is 0.286. The number of aliphatic hydroxyl groups is 1. The van der Waals surface area contributed by atoms with Crippen molar-refractivity contribution in [1.29, 1.82) is 0 Å². The van der Waals surface area contributed by atoms with E-state index >= 15 is 0 Å². The topological polar surface area (TPSA) is 95.9 Å². The zero-order valence-corrected chi connectivity index (χ0v) is 17.8. The van der Waals surface area contributed by atoms with Crippen LogP contribution in [-0.2, 0) is 14.8 Å². The molecule has 2 aromatic carbocycles. The van der Waals surface area contributed by atoms with Crippen molar-refractivity contribution in [1.82, 2.24) is 9.62 Å². The molecule has 0 radical (unpaired) electrons. The number of carbonyl (C=O) groups is 1. The number of rotatable bonds is 6. The molecule has 3 aromatic rings. The lowest BCUT2D eigenvalue weighted by molar-refractivity contribution is -0.00192. The second-order valence-electron chi connectivity index (χ2n) is 6.86. The fourth-order valence-electron chi connectivity index (χ4n) is 3.56. The molecule has 0 saturated carbocycles. The highest BCUT2D eigenvalue weighted by molar-refractivity contribution is 7.89. The van der Waals surface area contributed by atoms with Crippen LogP contribution in [0.25, 0.3) is 10.1 Å². The number of sulfonamides is 1. The van der Waals surface area contributed by atoms with Crippen LogP contribution in [0.3, 0.4) is 0 Å². The molecule has 0 spiro atoms. The summed E-state index contributed by atoms with van der Waals surface area (Å²) in [4.78, 5) is 13.5. The lowest BCUT2D eigenvalue weighted by Crippen LogP contribution is -2.42. The van der Waals surface area contributed by atoms with Crippen molar-refractivity contribution in [3.05, 3.63) is 65.0 Å². The van der Waals surface area contributed by atoms with Gasteiger partial charge in [-0.2, -0.15) is 4.31 Å². The molecule has 9 heteroatoms. The van der Waals surface area contributed by atoms with E-state index in [9.17, 15) is 13.2 Å². The minimum Gasteiger partial charge on any atom is -0.395 e. The Bertz CT molecular complexity index is 1140. The maximum atomic E-state index is 13.1. The van der Waals surface area contributed by atoms with Crippen LogP contribution in [0.15, 0.2) is 59.5 Å². The number of nitrogens with one attached hydrogen (secondary N) is 1. The summed E-state index contributed by atoms with van der Waals surface area (Å²) in [5, 5.41) is 12.6. The number of amides is 1. The van der Waals surface area contributed by atoms with Crippen LogP contribution in [-0.4, -0.2) is 56.6 Å². The third-order valence-corrected chi connectivity index (χ3v) is 8.03. The smallest absolute Gasteiger partial charge is 0.261 e. The Balaban J connectivity index is 1.70. The molecule has 1 aromatic heterocycles. The third-order valence-electron chi connectivity index (χ3n) is 4.97. The van der Waals surface area contributed by atoms with Crippen molar-refractivity contribution in [2.24, 2.45) is 0 Å². The molecule has 30 heavy (non-hydrogen) atoms. The minimum absolute atomic E-state index is 0.123. The van der Waals surface area contributed by atoms with E-state index in [1.54, 1.807) is 30.3 Å². The number of carbonyl (C=O) groups excluding carboxylic acids is 1. The lowest BCUT2D eigenvalue weighted by Gasteiger charge is -2.32. The molecule has 1 amide bonds. The van der Waals surface area contributed by atoms with Gasteiger partial charge in [-0.25, -0.2) is 8.42 Å². The second kappa shape index (κ2) is 8.83. The molecule has 0 bridgehead atoms. The quantitative estimate of drug-likeness (QED) is 0.606. The van der Waals surface area contributed by atoms with Gasteiger partial charge >= 0.3 is 0 Å². The van der Waals surface area contributed by atoms with Gasteiger partial charge < -0.3 is 15.2 Å². The molecule has 2 N–H and O–H groups in total. The molecule has 0 unspecified atom stereocenters. The maximum absolute atomic E-state index is 13.1. The SMILES string of the molecule is O=C(NCCO)c1sc2ccccc2c1[C@@H]1CN(S(=O)(=O)c2ccccc2)CCO1. The van der Waals surface area contributed by atoms with Crippen LogP contribution in [0.1, 0.15) is 21.3 Å². The van der Waals surface area contributed by atoms with Gasteiger partial charge in [-0.1, -0.05) is 36.4 Å². The third kappa shape index (κ3) is 3.99. The molecule has 7 nitrogen and oxygen atoms in total. The van der Waals surface area contributed by atoms with Gasteiger partial charge in [0, 0.05) is 29.9 Å². The van der Waals surface area contributed by atoms with E-state index in [-0.39, 0.29) is 43.7 Å². The van der Waals surface area contributed by atoms with Gasteiger partial charge in [-0.05, 0) is 23.6 Å². The van der Waals surface area contributed by atoms with Gasteiger partial charge in [-0.15, -0.1) is 11.3 Å². The summed E-state index contributed by atoms with van der Waals surface area (Å²) < 4.78 is 34.5. The first-order valence-corrected chi connectivity index (χ1v) is 11.9. The number of fused-ring (bicyclic) bond motifs is 1. The predicted molar refractivity (Wildman–Crippen MR) is 115 cm³/mol. The first-order valence-electron chi connectivity index (χ1n) is 9.59. The van der Waals surface area contributed by atoms with Gasteiger partial charge in [0.15, 0.2) is 0 Å². The molecule has 158 valence electrons. The van der Waals surface area contributed by atoms with E-state index in [0.717, 1.165) is 10.1 Å². The van der Waals surface area contributed by atoms with E-state index in [1.165, 1.54) is 15.6 Å². The van der Waals surface area contributed by atoms with Crippen molar-refractivity contribution >= 4 is 37.4 Å². The number of hydrogen-bond acceptors (Lipinski definition) is 6. The summed E-state index contributed by atoms with van der Waals surface area (Å²) in [6.07, 6.45) is -0.566. The predicted octanol–water partition coefficient (Wildman–Crippen LogP) is 2.39. The summed E-state index contributed by atoms with van der Waals surface area (Å²) in [5.41, 5.74) is 0.694. The van der Waals surface area contributed by atoms with E-state index in [0.29, 0.717) is 10.4 Å². The number of aliphatic hydroxyl groups excluding tert-OH is 1. The standard InChI is InChI=1S/C21H22N2O5S2/c24-12-10-22-21(25)20-19(16-8-4-5-9-18(16)29-20)17-14-23(11-13-28-17)30(26,27)15-6-2-1-3-7-15/h1-9,17,24H,10-14H2,(H,22,25)/t17-/m0/s1. The molecular formula is C21H22N2O5S2. The van der Waals surface area contributed by atoms with Gasteiger partial charge in [0.05, 0.1) is 29.1 Å². The van der Waals surface area contributed by atoms with Crippen molar-refractivity contribution in [3.63, 3.8) is 0 Å². The van der Waals surface area contributed by atoms with Crippen LogP contribution in [0.4, 0.5) is 0 Å². The number of hydrogen-bond donors (Lipinski definition) is 2. The van der Waals surface area contributed by atoms with Crippen molar-refractivity contribution < 1.29 is 23.1 Å². The fourth-order valence-corrected chi connectivity index (χ4v) is 6.18. The lowest BCUT2D eigenvalue weighted by atomic mass is 10.0. The largest absolute Gasteiger partial charge is 0.395 e. The number of nitrogens with zero attached hydrogens (tertiary/aromatic N) is 1. The van der Waals surface area contributed by atoms with E-state index in [1.807, 2.05) is 24.3 Å². The van der Waals surface area contributed by atoms with E-state index < -0.39 is 16.1 Å². The first kappa shape index (κ1) is 21.0. The summed E-state index contributed by atoms with van der Waals surface area (Å²) in [6.45, 7) is 0.597. The van der Waals surface area contributed by atoms with Crippen LogP contribution in [0.5, 0.6) is 0 Å². The normalized spacial score (nSPS) is 17.8. The summed E-state index contributed by atoms with van der Waals surface area (Å²) in [6, 6.07) is 15.9. The molecule has 0 aliphatic carbocycles. The second-order valence-corrected chi connectivity index (χ2v) is 9.85. The van der Waals surface area contributed by atoms with Crippen LogP contribution >= 0.6 is 11.3 Å². The maximum Gasteiger partial charge on any atom is 0.261 e. The highest BCUT2D eigenvalue weighted by atomic mass is 32.2. The zero-order chi connectivity index (χ0) is 21.1. The number of benzene rings is 2. The number of morpholine rings is 1. The Morgan fingerprint density at radius 2 is 1.90 bits per heavy atom. The zero-order valence-electron chi connectivity index (χ0n) is 16.2. The monoisotopic (exact) mass is 446 g/mol. The molecular weight excluding hydrogens is 424 g/mol. The van der Waals surface area contributed by atoms with Crippen molar-refractivity contribution in [2.45, 2.75) is 11.0 Å². The summed E-state index contributed by atoms with van der Waals surface area (Å²) in [7, 11) is -3.66. The van der Waals surface area contributed by atoms with E-state index in [2.05, 4.69) is 5.32 Å². The summed E-state index contributed by atoms with van der Waals surface area (Å²) in [5.74, 6) is -0.299. The van der Waals surface area contributed by atoms with Gasteiger partial charge in [-0.3, -0.25) is 4.79 Å². The van der Waals surface area contributed by atoms with Crippen molar-refractivity contribution in [2.75, 3.05) is 32.8 Å². The van der Waals surface area contributed by atoms with Crippen LogP contribution in [0, 0.1) is 0 Å². The van der Waals surface area contributed by atoms with Crippen LogP contribution in [0.2, 0.25) is 0 Å². The van der Waals surface area contributed by atoms with Gasteiger partial charge in [0.2, 0.25) is 10.0 Å². The van der Waals surface area contributed by atoms with E-state index in [4.69, 9.17) is 9.84 Å². The first-order chi connectivity index (χ1) is 14.5. The Morgan fingerprint density at radius 1 is 1.17 bits per heavy atom. The Kier molecular flexibility index (Phi) is 6.16. The highest BCUT2D eigenvalue weighted by Gasteiger charge is 2.34. The number of ether oxygens (including phenoxy) is 1. The van der Waals surface area contributed by atoms with Crippen LogP contribution < -0.4 is 5.32 Å². The minimum atomic E-state index is -3.66. The highest BCUT2D eigenvalue weighted by Crippen LogP contribution is 2.39. The molecule has 1 atom stereocenters. The average Bonchev–Trinajstić information content (AvgIpc) is 3.18. The van der Waals surface area contributed by atoms with Gasteiger partial charge in [0.1, 0.15) is 0 Å². The Morgan fingerprint density at radius 3 is 2.67 bits per heavy atom.